The summed E-state index contributed by atoms with van der Waals surface area (Å²) in [4.78, 5) is 26.3. The lowest BCUT2D eigenvalue weighted by Crippen LogP contribution is -2.35. The fraction of sp³-hybridized carbons (Fsp3) is 0.429. The molecule has 3 atom stereocenters. The van der Waals surface area contributed by atoms with E-state index in [4.69, 9.17) is 0 Å². The molecule has 0 aromatic heterocycles. The fourth-order valence-electron chi connectivity index (χ4n) is 5.00. The number of hydrogen-bond donors (Lipinski definition) is 0. The predicted octanol–water partition coefficient (Wildman–Crippen LogP) is 4.66. The summed E-state index contributed by atoms with van der Waals surface area (Å²) in [6, 6.07) is 13.7. The van der Waals surface area contributed by atoms with Crippen LogP contribution in [0.3, 0.4) is 0 Å². The van der Waals surface area contributed by atoms with Gasteiger partial charge in [-0.15, -0.1) is 0 Å². The van der Waals surface area contributed by atoms with Gasteiger partial charge in [-0.1, -0.05) is 63.2 Å². The third kappa shape index (κ3) is 1.69. The first-order chi connectivity index (χ1) is 10.9. The summed E-state index contributed by atoms with van der Waals surface area (Å²) in [7, 11) is 0. The Morgan fingerprint density at radius 1 is 1.04 bits per heavy atom. The highest BCUT2D eigenvalue weighted by molar-refractivity contribution is 6.19. The van der Waals surface area contributed by atoms with Crippen molar-refractivity contribution in [1.29, 1.82) is 0 Å². The third-order valence-corrected chi connectivity index (χ3v) is 6.87. The Hall–Kier alpha value is -1.96. The highest BCUT2D eigenvalue weighted by Gasteiger charge is 2.67. The summed E-state index contributed by atoms with van der Waals surface area (Å²) in [5.74, 6) is -0.106. The Morgan fingerprint density at radius 2 is 1.74 bits per heavy atom. The molecule has 2 bridgehead atoms. The van der Waals surface area contributed by atoms with Crippen LogP contribution in [0.2, 0.25) is 0 Å². The van der Waals surface area contributed by atoms with Crippen LogP contribution in [0.1, 0.15) is 44.0 Å². The first kappa shape index (κ1) is 14.6. The molecular formula is C21H22O2. The Kier molecular flexibility index (Phi) is 2.88. The topological polar surface area (TPSA) is 34.1 Å². The normalized spacial score (nSPS) is 31.7. The molecule has 0 saturated heterocycles. The van der Waals surface area contributed by atoms with Crippen molar-refractivity contribution in [3.05, 3.63) is 48.0 Å². The molecule has 0 N–H and O–H groups in total. The van der Waals surface area contributed by atoms with Crippen LogP contribution in [0.25, 0.3) is 10.8 Å². The number of benzene rings is 2. The van der Waals surface area contributed by atoms with Crippen LogP contribution in [0, 0.1) is 22.7 Å². The minimum absolute atomic E-state index is 0.0216. The lowest BCUT2D eigenvalue weighted by molar-refractivity contribution is -0.130. The quantitative estimate of drug-likeness (QED) is 0.597. The molecule has 118 valence electrons. The molecule has 2 aromatic rings. The second kappa shape index (κ2) is 4.53. The highest BCUT2D eigenvalue weighted by Crippen LogP contribution is 2.66. The first-order valence-electron chi connectivity index (χ1n) is 8.44. The fourth-order valence-corrected chi connectivity index (χ4v) is 5.00. The molecule has 0 amide bonds. The SMILES string of the molecule is CC1(C)[C@@H]2CC[C@@]1(C)C(=O)[C@@H]2C(=O)c1cccc2ccccc12. The largest absolute Gasteiger partial charge is 0.298 e. The minimum Gasteiger partial charge on any atom is -0.298 e. The Morgan fingerprint density at radius 3 is 2.43 bits per heavy atom. The van der Waals surface area contributed by atoms with Gasteiger partial charge < -0.3 is 0 Å². The summed E-state index contributed by atoms with van der Waals surface area (Å²) in [5, 5.41) is 2.01. The Balaban J connectivity index is 1.83. The highest BCUT2D eigenvalue weighted by atomic mass is 16.2. The van der Waals surface area contributed by atoms with Gasteiger partial charge in [0.2, 0.25) is 0 Å². The molecule has 0 spiro atoms. The predicted molar refractivity (Wildman–Crippen MR) is 91.4 cm³/mol. The standard InChI is InChI=1S/C21H22O2/c1-20(2)16-11-12-21(20,3)19(23)17(16)18(22)15-10-6-8-13-7-4-5-9-14(13)15/h4-10,16-17H,11-12H2,1-3H3/t16-,17+,21+/m1/s1. The van der Waals surface area contributed by atoms with Gasteiger partial charge in [-0.05, 0) is 34.9 Å². The average Bonchev–Trinajstić information content (AvgIpc) is 2.86. The number of ketones is 2. The van der Waals surface area contributed by atoms with Crippen LogP contribution in [0.4, 0.5) is 0 Å². The average molecular weight is 306 g/mol. The van der Waals surface area contributed by atoms with Gasteiger partial charge >= 0.3 is 0 Å². The maximum Gasteiger partial charge on any atom is 0.174 e. The van der Waals surface area contributed by atoms with Crippen molar-refractivity contribution in [3.8, 4) is 0 Å². The van der Waals surface area contributed by atoms with Crippen LogP contribution in [0.5, 0.6) is 0 Å². The summed E-state index contributed by atoms with van der Waals surface area (Å²) in [6.45, 7) is 6.39. The second-order valence-corrected chi connectivity index (χ2v) is 7.93. The first-order valence-corrected chi connectivity index (χ1v) is 8.44. The smallest absolute Gasteiger partial charge is 0.174 e. The monoisotopic (exact) mass is 306 g/mol. The van der Waals surface area contributed by atoms with Crippen LogP contribution >= 0.6 is 0 Å². The number of hydrogen-bond acceptors (Lipinski definition) is 2. The van der Waals surface area contributed by atoms with Crippen molar-refractivity contribution in [2.75, 3.05) is 0 Å². The van der Waals surface area contributed by atoms with E-state index in [2.05, 4.69) is 20.8 Å². The Labute approximate surface area is 136 Å². The molecule has 2 nitrogen and oxygen atoms in total. The Bertz CT molecular complexity index is 827. The molecule has 4 rings (SSSR count). The van der Waals surface area contributed by atoms with Gasteiger partial charge in [0.15, 0.2) is 5.78 Å². The van der Waals surface area contributed by atoms with Crippen LogP contribution in [0.15, 0.2) is 42.5 Å². The molecule has 0 aliphatic heterocycles. The number of carbonyl (C=O) groups excluding carboxylic acids is 2. The molecule has 2 saturated carbocycles. The molecule has 23 heavy (non-hydrogen) atoms. The molecule has 0 unspecified atom stereocenters. The number of rotatable bonds is 2. The maximum atomic E-state index is 13.3. The van der Waals surface area contributed by atoms with E-state index < -0.39 is 5.92 Å². The van der Waals surface area contributed by atoms with Gasteiger partial charge in [-0.25, -0.2) is 0 Å². The van der Waals surface area contributed by atoms with Gasteiger partial charge in [-0.2, -0.15) is 0 Å². The van der Waals surface area contributed by atoms with E-state index in [0.717, 1.165) is 23.6 Å². The zero-order valence-electron chi connectivity index (χ0n) is 13.9. The zero-order valence-corrected chi connectivity index (χ0v) is 13.9. The van der Waals surface area contributed by atoms with Crippen molar-refractivity contribution >= 4 is 22.3 Å². The summed E-state index contributed by atoms with van der Waals surface area (Å²) >= 11 is 0. The molecule has 0 radical (unpaired) electrons. The molecule has 2 heteroatoms. The second-order valence-electron chi connectivity index (χ2n) is 7.93. The van der Waals surface area contributed by atoms with E-state index in [1.165, 1.54) is 0 Å². The van der Waals surface area contributed by atoms with Crippen molar-refractivity contribution in [3.63, 3.8) is 0 Å². The lowest BCUT2D eigenvalue weighted by atomic mass is 9.70. The number of fused-ring (bicyclic) bond motifs is 3. The number of carbonyl (C=O) groups is 2. The van der Waals surface area contributed by atoms with E-state index in [1.54, 1.807) is 0 Å². The van der Waals surface area contributed by atoms with Crippen molar-refractivity contribution in [2.24, 2.45) is 22.7 Å². The van der Waals surface area contributed by atoms with Crippen molar-refractivity contribution < 1.29 is 9.59 Å². The molecule has 2 aliphatic rings. The van der Waals surface area contributed by atoms with Gasteiger partial charge in [0.1, 0.15) is 5.78 Å². The minimum atomic E-state index is -0.463. The molecule has 2 aliphatic carbocycles. The van der Waals surface area contributed by atoms with Crippen LogP contribution in [-0.4, -0.2) is 11.6 Å². The van der Waals surface area contributed by atoms with E-state index in [9.17, 15) is 9.59 Å². The van der Waals surface area contributed by atoms with E-state index >= 15 is 0 Å². The van der Waals surface area contributed by atoms with Gasteiger partial charge in [-0.3, -0.25) is 9.59 Å². The molecular weight excluding hydrogens is 284 g/mol. The van der Waals surface area contributed by atoms with E-state index in [0.29, 0.717) is 5.56 Å². The van der Waals surface area contributed by atoms with Crippen LogP contribution < -0.4 is 0 Å². The van der Waals surface area contributed by atoms with E-state index in [-0.39, 0.29) is 28.3 Å². The zero-order chi connectivity index (χ0) is 16.4. The van der Waals surface area contributed by atoms with Crippen molar-refractivity contribution in [2.45, 2.75) is 33.6 Å². The van der Waals surface area contributed by atoms with Crippen LogP contribution in [-0.2, 0) is 4.79 Å². The molecule has 0 heterocycles. The molecule has 2 fully saturated rings. The number of Topliss-reactive ketones (excluding diaryl/α,β-unsaturated/α-hetero) is 2. The third-order valence-electron chi connectivity index (χ3n) is 6.87. The summed E-state index contributed by atoms with van der Waals surface area (Å²) < 4.78 is 0. The summed E-state index contributed by atoms with van der Waals surface area (Å²) in [6.07, 6.45) is 1.90. The van der Waals surface area contributed by atoms with Gasteiger partial charge in [0, 0.05) is 11.0 Å². The summed E-state index contributed by atoms with van der Waals surface area (Å²) in [5.41, 5.74) is 0.269. The van der Waals surface area contributed by atoms with E-state index in [1.807, 2.05) is 42.5 Å². The van der Waals surface area contributed by atoms with Crippen molar-refractivity contribution in [1.82, 2.24) is 0 Å². The van der Waals surface area contributed by atoms with Gasteiger partial charge in [0.05, 0.1) is 5.92 Å². The molecule has 2 aromatic carbocycles. The maximum absolute atomic E-state index is 13.3. The lowest BCUT2D eigenvalue weighted by Gasteiger charge is -2.32. The van der Waals surface area contributed by atoms with Gasteiger partial charge in [0.25, 0.3) is 0 Å².